The van der Waals surface area contributed by atoms with E-state index in [1.165, 1.54) is 6.42 Å². The molecule has 2 heterocycles. The molecule has 3 N–H and O–H groups in total. The first-order chi connectivity index (χ1) is 12.0. The summed E-state index contributed by atoms with van der Waals surface area (Å²) < 4.78 is 5.29. The molecular formula is C18H26N4O3. The number of likely N-dealkylation sites (N-methyl/N-ethyl adjacent to an activating group) is 1. The number of rotatable bonds is 5. The summed E-state index contributed by atoms with van der Waals surface area (Å²) in [6, 6.07) is 7.63. The zero-order chi connectivity index (χ0) is 17.8. The van der Waals surface area contributed by atoms with Crippen molar-refractivity contribution in [2.75, 3.05) is 33.3 Å². The Bertz CT molecular complexity index is 637. The number of benzene rings is 1. The first-order valence-corrected chi connectivity index (χ1v) is 8.76. The number of fused-ring (bicyclic) bond motifs is 1. The van der Waals surface area contributed by atoms with Crippen molar-refractivity contribution in [3.8, 4) is 5.75 Å². The summed E-state index contributed by atoms with van der Waals surface area (Å²) in [6.45, 7) is 3.18. The van der Waals surface area contributed by atoms with Crippen LogP contribution >= 0.6 is 0 Å². The lowest BCUT2D eigenvalue weighted by atomic mass is 9.92. The third-order valence-corrected chi connectivity index (χ3v) is 5.05. The highest BCUT2D eigenvalue weighted by Crippen LogP contribution is 2.31. The smallest absolute Gasteiger partial charge is 0.317 e. The number of carbonyl (C=O) groups is 2. The van der Waals surface area contributed by atoms with Gasteiger partial charge in [0.2, 0.25) is 0 Å². The van der Waals surface area contributed by atoms with Gasteiger partial charge in [-0.2, -0.15) is 0 Å². The molecule has 2 saturated heterocycles. The summed E-state index contributed by atoms with van der Waals surface area (Å²) in [6.07, 6.45) is 2.27. The highest BCUT2D eigenvalue weighted by molar-refractivity contribution is 5.75. The van der Waals surface area contributed by atoms with Crippen LogP contribution in [-0.4, -0.2) is 61.1 Å². The zero-order valence-corrected chi connectivity index (χ0v) is 14.6. The fourth-order valence-corrected chi connectivity index (χ4v) is 3.73. The maximum atomic E-state index is 12.6. The van der Waals surface area contributed by atoms with Gasteiger partial charge in [-0.1, -0.05) is 12.1 Å². The van der Waals surface area contributed by atoms with Gasteiger partial charge in [-0.15, -0.1) is 0 Å². The van der Waals surface area contributed by atoms with Gasteiger partial charge < -0.3 is 25.6 Å². The number of nitrogens with zero attached hydrogens (tertiary/aromatic N) is 2. The van der Waals surface area contributed by atoms with E-state index in [2.05, 4.69) is 17.3 Å². The predicted molar refractivity (Wildman–Crippen MR) is 94.1 cm³/mol. The molecule has 7 nitrogen and oxygen atoms in total. The number of ether oxygens (including phenoxy) is 1. The van der Waals surface area contributed by atoms with Crippen LogP contribution in [0.4, 0.5) is 4.79 Å². The van der Waals surface area contributed by atoms with E-state index in [1.807, 2.05) is 23.1 Å². The van der Waals surface area contributed by atoms with Gasteiger partial charge >= 0.3 is 6.03 Å². The van der Waals surface area contributed by atoms with E-state index in [4.69, 9.17) is 10.5 Å². The number of hydrogen-bond donors (Lipinski definition) is 2. The second-order valence-corrected chi connectivity index (χ2v) is 6.92. The monoisotopic (exact) mass is 346 g/mol. The number of amides is 3. The van der Waals surface area contributed by atoms with Gasteiger partial charge in [-0.3, -0.25) is 4.79 Å². The first kappa shape index (κ1) is 17.5. The molecule has 1 aromatic carbocycles. The number of nitrogens with one attached hydrogen (secondary N) is 1. The standard InChI is InChI=1S/C18H26N4O3/c1-21-7-5-14-6-8-22(16(14)11-21)18(24)20-10-13-3-2-4-15(9-13)25-12-17(19)23/h2-4,9,14,16H,5-8,10-12H2,1H3,(H2,19,23)(H,20,24)/t14-,16+/m0/s1. The molecule has 2 aliphatic rings. The summed E-state index contributed by atoms with van der Waals surface area (Å²) in [5.74, 6) is 0.688. The molecule has 0 bridgehead atoms. The Kier molecular flexibility index (Phi) is 5.43. The van der Waals surface area contributed by atoms with Gasteiger partial charge in [-0.25, -0.2) is 4.79 Å². The van der Waals surface area contributed by atoms with E-state index >= 15 is 0 Å². The Hall–Kier alpha value is -2.28. The van der Waals surface area contributed by atoms with E-state index in [-0.39, 0.29) is 12.6 Å². The number of piperidine rings is 1. The number of carbonyl (C=O) groups excluding carboxylic acids is 2. The highest BCUT2D eigenvalue weighted by Gasteiger charge is 2.39. The van der Waals surface area contributed by atoms with Crippen LogP contribution in [0.3, 0.4) is 0 Å². The quantitative estimate of drug-likeness (QED) is 0.825. The lowest BCUT2D eigenvalue weighted by Crippen LogP contribution is -2.51. The van der Waals surface area contributed by atoms with Crippen LogP contribution in [0.1, 0.15) is 18.4 Å². The topological polar surface area (TPSA) is 87.9 Å². The van der Waals surface area contributed by atoms with E-state index in [0.29, 0.717) is 24.3 Å². The van der Waals surface area contributed by atoms with Crippen LogP contribution in [0.5, 0.6) is 5.75 Å². The van der Waals surface area contributed by atoms with Gasteiger partial charge in [0.25, 0.3) is 5.91 Å². The highest BCUT2D eigenvalue weighted by atomic mass is 16.5. The van der Waals surface area contributed by atoms with E-state index in [0.717, 1.165) is 31.6 Å². The fraction of sp³-hybridized carbons (Fsp3) is 0.556. The van der Waals surface area contributed by atoms with Gasteiger partial charge in [-0.05, 0) is 50.0 Å². The van der Waals surface area contributed by atoms with Crippen molar-refractivity contribution < 1.29 is 14.3 Å². The maximum Gasteiger partial charge on any atom is 0.317 e. The van der Waals surface area contributed by atoms with Crippen LogP contribution in [0.25, 0.3) is 0 Å². The van der Waals surface area contributed by atoms with Crippen LogP contribution in [0, 0.1) is 5.92 Å². The van der Waals surface area contributed by atoms with Crippen molar-refractivity contribution in [3.05, 3.63) is 29.8 Å². The Balaban J connectivity index is 1.54. The number of nitrogens with two attached hydrogens (primary N) is 1. The number of primary amides is 1. The molecule has 2 fully saturated rings. The molecule has 0 unspecified atom stereocenters. The molecule has 0 aliphatic carbocycles. The van der Waals surface area contributed by atoms with E-state index < -0.39 is 5.91 Å². The predicted octanol–water partition coefficient (Wildman–Crippen LogP) is 0.786. The van der Waals surface area contributed by atoms with E-state index in [1.54, 1.807) is 6.07 Å². The summed E-state index contributed by atoms with van der Waals surface area (Å²) in [5, 5.41) is 3.00. The normalized spacial score (nSPS) is 23.2. The molecule has 3 amide bonds. The lowest BCUT2D eigenvalue weighted by Gasteiger charge is -2.36. The molecule has 0 saturated carbocycles. The molecule has 0 spiro atoms. The van der Waals surface area contributed by atoms with Crippen molar-refractivity contribution >= 4 is 11.9 Å². The Morgan fingerprint density at radius 3 is 2.92 bits per heavy atom. The molecule has 0 aromatic heterocycles. The molecule has 7 heteroatoms. The van der Waals surface area contributed by atoms with Crippen molar-refractivity contribution in [1.29, 1.82) is 0 Å². The van der Waals surface area contributed by atoms with Crippen LogP contribution in [-0.2, 0) is 11.3 Å². The summed E-state index contributed by atoms with van der Waals surface area (Å²) in [7, 11) is 2.11. The average molecular weight is 346 g/mol. The first-order valence-electron chi connectivity index (χ1n) is 8.76. The zero-order valence-electron chi connectivity index (χ0n) is 14.6. The molecule has 136 valence electrons. The molecular weight excluding hydrogens is 320 g/mol. The Morgan fingerprint density at radius 2 is 2.12 bits per heavy atom. The maximum absolute atomic E-state index is 12.6. The van der Waals surface area contributed by atoms with Crippen LogP contribution in [0.15, 0.2) is 24.3 Å². The Morgan fingerprint density at radius 1 is 1.32 bits per heavy atom. The minimum absolute atomic E-state index is 0.00810. The third-order valence-electron chi connectivity index (χ3n) is 5.05. The van der Waals surface area contributed by atoms with E-state index in [9.17, 15) is 9.59 Å². The molecule has 3 rings (SSSR count). The lowest BCUT2D eigenvalue weighted by molar-refractivity contribution is -0.119. The van der Waals surface area contributed by atoms with Crippen molar-refractivity contribution in [1.82, 2.24) is 15.1 Å². The third kappa shape index (κ3) is 4.42. The second kappa shape index (κ2) is 7.74. The minimum atomic E-state index is -0.514. The van der Waals surface area contributed by atoms with Crippen molar-refractivity contribution in [2.45, 2.75) is 25.4 Å². The van der Waals surface area contributed by atoms with Gasteiger partial charge in [0.05, 0.1) is 0 Å². The molecule has 25 heavy (non-hydrogen) atoms. The van der Waals surface area contributed by atoms with Crippen molar-refractivity contribution in [2.24, 2.45) is 11.7 Å². The van der Waals surface area contributed by atoms with Crippen LogP contribution < -0.4 is 15.8 Å². The summed E-state index contributed by atoms with van der Waals surface area (Å²) in [5.41, 5.74) is 6.00. The van der Waals surface area contributed by atoms with Crippen molar-refractivity contribution in [3.63, 3.8) is 0 Å². The molecule has 2 aliphatic heterocycles. The summed E-state index contributed by atoms with van der Waals surface area (Å²) >= 11 is 0. The molecule has 1 aromatic rings. The Labute approximate surface area is 148 Å². The molecule has 2 atom stereocenters. The average Bonchev–Trinajstić information content (AvgIpc) is 3.01. The fourth-order valence-electron chi connectivity index (χ4n) is 3.73. The van der Waals surface area contributed by atoms with Crippen LogP contribution in [0.2, 0.25) is 0 Å². The molecule has 0 radical (unpaired) electrons. The van der Waals surface area contributed by atoms with Gasteiger partial charge in [0.15, 0.2) is 6.61 Å². The minimum Gasteiger partial charge on any atom is -0.484 e. The largest absolute Gasteiger partial charge is 0.484 e. The number of urea groups is 1. The second-order valence-electron chi connectivity index (χ2n) is 6.92. The SMILES string of the molecule is CN1CC[C@H]2CCN(C(=O)NCc3cccc(OCC(N)=O)c3)[C@@H]2C1. The number of likely N-dealkylation sites (tertiary alicyclic amines) is 2. The van der Waals surface area contributed by atoms with Gasteiger partial charge in [0.1, 0.15) is 5.75 Å². The van der Waals surface area contributed by atoms with Gasteiger partial charge in [0, 0.05) is 25.7 Å². The summed E-state index contributed by atoms with van der Waals surface area (Å²) in [4.78, 5) is 27.7. The number of hydrogen-bond acceptors (Lipinski definition) is 4.